The number of carbonyl (C=O) groups excluding carboxylic acids is 1. The molecule has 1 aromatic carbocycles. The second kappa shape index (κ2) is 8.50. The van der Waals surface area contributed by atoms with E-state index in [9.17, 15) is 9.35 Å². The predicted octanol–water partition coefficient (Wildman–Crippen LogP) is 4.39. The summed E-state index contributed by atoms with van der Waals surface area (Å²) in [5.74, 6) is -0.328. The average Bonchev–Trinajstić information content (AvgIpc) is 2.92. The molecule has 0 aliphatic heterocycles. The fourth-order valence-corrected chi connectivity index (χ4v) is 6.18. The minimum absolute atomic E-state index is 0.198. The molecule has 3 rings (SSSR count). The first-order valence-electron chi connectivity index (χ1n) is 10.3. The molecule has 29 heavy (non-hydrogen) atoms. The highest BCUT2D eigenvalue weighted by atomic mass is 79.9. The van der Waals surface area contributed by atoms with Gasteiger partial charge in [-0.25, -0.2) is 4.79 Å². The Morgan fingerprint density at radius 2 is 2.00 bits per heavy atom. The molecule has 0 heterocycles. The Balaban J connectivity index is 2.18. The lowest BCUT2D eigenvalue weighted by molar-refractivity contribution is -0.159. The highest BCUT2D eigenvalue weighted by Gasteiger charge is 2.66. The quantitative estimate of drug-likeness (QED) is 0.494. The third-order valence-corrected chi connectivity index (χ3v) is 8.50. The van der Waals surface area contributed by atoms with Gasteiger partial charge in [-0.05, 0) is 83.1 Å². The van der Waals surface area contributed by atoms with Crippen LogP contribution in [-0.4, -0.2) is 35.1 Å². The number of ether oxygens (including phenoxy) is 2. The molecule has 162 valence electrons. The molecule has 0 radical (unpaired) electrons. The van der Waals surface area contributed by atoms with E-state index in [0.29, 0.717) is 0 Å². The van der Waals surface area contributed by atoms with Gasteiger partial charge in [-0.3, -0.25) is 0 Å². The number of rotatable bonds is 5. The molecule has 0 bridgehead atoms. The summed E-state index contributed by atoms with van der Waals surface area (Å²) in [5.41, 5.74) is 0.478. The maximum atomic E-state index is 13.7. The van der Waals surface area contributed by atoms with Crippen molar-refractivity contribution in [3.8, 4) is 0 Å². The molecule has 5 nitrogen and oxygen atoms in total. The van der Waals surface area contributed by atoms with Crippen LogP contribution >= 0.6 is 15.9 Å². The summed E-state index contributed by atoms with van der Waals surface area (Å²) in [7, 11) is 1.74. The first kappa shape index (κ1) is 23.1. The average molecular weight is 486 g/mol. The van der Waals surface area contributed by atoms with Crippen LogP contribution in [0.2, 0.25) is 0 Å². The zero-order valence-corrected chi connectivity index (χ0v) is 20.4. The van der Waals surface area contributed by atoms with Gasteiger partial charge >= 0.3 is 5.97 Å². The Hall–Kier alpha value is -0.600. The van der Waals surface area contributed by atoms with Crippen LogP contribution < -0.4 is 4.72 Å². The molecule has 7 heteroatoms. The number of hydrogen-bond donors (Lipinski definition) is 1. The predicted molar refractivity (Wildman–Crippen MR) is 119 cm³/mol. The molecule has 1 spiro atoms. The van der Waals surface area contributed by atoms with Gasteiger partial charge in [-0.2, -0.15) is 0 Å². The topological polar surface area (TPSA) is 70.6 Å². The molecule has 1 unspecified atom stereocenters. The minimum atomic E-state index is -1.44. The lowest BCUT2D eigenvalue weighted by Crippen LogP contribution is -2.64. The van der Waals surface area contributed by atoms with Gasteiger partial charge in [0, 0.05) is 28.4 Å². The van der Waals surface area contributed by atoms with Gasteiger partial charge in [0.1, 0.15) is 4.75 Å². The molecule has 0 amide bonds. The van der Waals surface area contributed by atoms with Crippen LogP contribution in [0, 0.1) is 5.41 Å². The highest BCUT2D eigenvalue weighted by molar-refractivity contribution is 9.10. The smallest absolute Gasteiger partial charge is 0.336 e. The van der Waals surface area contributed by atoms with E-state index in [0.717, 1.165) is 47.7 Å². The van der Waals surface area contributed by atoms with Gasteiger partial charge < -0.3 is 14.0 Å². The van der Waals surface area contributed by atoms with E-state index in [2.05, 4.69) is 26.7 Å². The number of fused-ring (bicyclic) bond motifs is 1. The normalized spacial score (nSPS) is 30.2. The van der Waals surface area contributed by atoms with Crippen LogP contribution in [0.1, 0.15) is 64.5 Å². The van der Waals surface area contributed by atoms with E-state index in [1.54, 1.807) is 7.11 Å². The molecular weight excluding hydrogens is 454 g/mol. The van der Waals surface area contributed by atoms with Crippen molar-refractivity contribution < 1.29 is 18.8 Å². The van der Waals surface area contributed by atoms with Gasteiger partial charge in [0.25, 0.3) is 0 Å². The van der Waals surface area contributed by atoms with Gasteiger partial charge in [0.2, 0.25) is 0 Å². The molecular formula is C22H32BrNO4S. The Kier molecular flexibility index (Phi) is 6.76. The van der Waals surface area contributed by atoms with Crippen molar-refractivity contribution in [2.24, 2.45) is 5.41 Å². The van der Waals surface area contributed by atoms with E-state index in [1.165, 1.54) is 0 Å². The highest BCUT2D eigenvalue weighted by Crippen LogP contribution is 2.59. The second-order valence-corrected chi connectivity index (χ2v) is 12.0. The number of hydrogen-bond acceptors (Lipinski definition) is 5. The summed E-state index contributed by atoms with van der Waals surface area (Å²) in [6.07, 6.45) is 4.33. The molecule has 1 saturated carbocycles. The van der Waals surface area contributed by atoms with Crippen LogP contribution in [0.15, 0.2) is 22.7 Å². The standard InChI is InChI=1S/C22H32BrNO4S/c1-6-28-19(25)22(24-29(26)20(2,3)4)18-13-16(23)8-7-15(18)14-21(22)11-9-17(27-5)10-12-21/h7-8,13,17,24H,6,9-12,14H2,1-5H3/t17?,21?,22-,29?/m1/s1. The van der Waals surface area contributed by atoms with Crippen molar-refractivity contribution in [3.63, 3.8) is 0 Å². The summed E-state index contributed by atoms with van der Waals surface area (Å²) in [5, 5.41) is 0. The van der Waals surface area contributed by atoms with Gasteiger partial charge in [0.15, 0.2) is 5.54 Å². The first-order chi connectivity index (χ1) is 13.6. The maximum absolute atomic E-state index is 13.7. The van der Waals surface area contributed by atoms with Gasteiger partial charge in [0.05, 0.1) is 12.7 Å². The molecule has 1 fully saturated rings. The Morgan fingerprint density at radius 1 is 1.34 bits per heavy atom. The number of halogens is 1. The molecule has 1 aromatic rings. The van der Waals surface area contributed by atoms with Gasteiger partial charge in [-0.15, -0.1) is 4.72 Å². The van der Waals surface area contributed by atoms with E-state index in [4.69, 9.17) is 9.47 Å². The van der Waals surface area contributed by atoms with Crippen LogP contribution in [0.5, 0.6) is 0 Å². The van der Waals surface area contributed by atoms with Crippen LogP contribution in [0.3, 0.4) is 0 Å². The number of esters is 1. The van der Waals surface area contributed by atoms with E-state index in [1.807, 2.05) is 39.8 Å². The van der Waals surface area contributed by atoms with E-state index < -0.39 is 27.1 Å². The Labute approximate surface area is 185 Å². The Morgan fingerprint density at radius 3 is 2.55 bits per heavy atom. The number of nitrogens with one attached hydrogen (secondary N) is 1. The van der Waals surface area contributed by atoms with Crippen molar-refractivity contribution in [2.45, 2.75) is 76.2 Å². The molecule has 2 aliphatic rings. The van der Waals surface area contributed by atoms with Crippen LogP contribution in [0.25, 0.3) is 0 Å². The van der Waals surface area contributed by atoms with Crippen molar-refractivity contribution >= 4 is 33.3 Å². The van der Waals surface area contributed by atoms with Crippen LogP contribution in [0.4, 0.5) is 0 Å². The Bertz CT molecular complexity index is 758. The van der Waals surface area contributed by atoms with Gasteiger partial charge in [-0.1, -0.05) is 22.0 Å². The number of carbonyl (C=O) groups is 1. The molecule has 2 aliphatic carbocycles. The lowest BCUT2D eigenvalue weighted by atomic mass is 9.61. The molecule has 1 N–H and O–H groups in total. The summed E-state index contributed by atoms with van der Waals surface area (Å²) < 4.78 is 28.3. The third-order valence-electron chi connectivity index (χ3n) is 6.41. The van der Waals surface area contributed by atoms with Crippen molar-refractivity contribution in [3.05, 3.63) is 33.8 Å². The third kappa shape index (κ3) is 4.01. The summed E-state index contributed by atoms with van der Waals surface area (Å²) in [4.78, 5) is 13.7. The number of methoxy groups -OCH3 is 1. The van der Waals surface area contributed by atoms with Crippen molar-refractivity contribution in [1.29, 1.82) is 0 Å². The summed E-state index contributed by atoms with van der Waals surface area (Å²) in [6.45, 7) is 7.85. The molecule has 2 atom stereocenters. The SMILES string of the molecule is CCOC(=O)[C@]1(N[S+]([O-])C(C)(C)C)c2cc(Br)ccc2CC12CCC(OC)CC2. The molecule has 0 aromatic heterocycles. The lowest BCUT2D eigenvalue weighted by Gasteiger charge is -2.48. The monoisotopic (exact) mass is 485 g/mol. The fraction of sp³-hybridized carbons (Fsp3) is 0.682. The first-order valence-corrected chi connectivity index (χ1v) is 12.2. The van der Waals surface area contributed by atoms with Crippen LogP contribution in [-0.2, 0) is 37.6 Å². The summed E-state index contributed by atoms with van der Waals surface area (Å²) in [6, 6.07) is 6.08. The maximum Gasteiger partial charge on any atom is 0.336 e. The largest absolute Gasteiger partial charge is 0.598 e. The second-order valence-electron chi connectivity index (χ2n) is 9.15. The molecule has 0 saturated heterocycles. The zero-order valence-electron chi connectivity index (χ0n) is 18.0. The fourth-order valence-electron chi connectivity index (χ4n) is 4.83. The van der Waals surface area contributed by atoms with Crippen molar-refractivity contribution in [1.82, 2.24) is 4.72 Å². The minimum Gasteiger partial charge on any atom is -0.598 e. The summed E-state index contributed by atoms with van der Waals surface area (Å²) >= 11 is 2.13. The van der Waals surface area contributed by atoms with E-state index >= 15 is 0 Å². The number of benzene rings is 1. The zero-order chi connectivity index (χ0) is 21.4. The van der Waals surface area contributed by atoms with E-state index in [-0.39, 0.29) is 18.7 Å². The van der Waals surface area contributed by atoms with Crippen molar-refractivity contribution in [2.75, 3.05) is 13.7 Å².